The average molecular weight is 276 g/mol. The summed E-state index contributed by atoms with van der Waals surface area (Å²) in [6, 6.07) is 0. The van der Waals surface area contributed by atoms with Gasteiger partial charge in [0.1, 0.15) is 5.82 Å². The van der Waals surface area contributed by atoms with Gasteiger partial charge in [-0.1, -0.05) is 6.92 Å². The third-order valence-electron chi connectivity index (χ3n) is 3.66. The van der Waals surface area contributed by atoms with Gasteiger partial charge >= 0.3 is 0 Å². The van der Waals surface area contributed by atoms with E-state index >= 15 is 0 Å². The number of nitrogens with zero attached hydrogens (tertiary/aromatic N) is 5. The molecule has 3 rings (SSSR count). The largest absolute Gasteiger partial charge is 0.374 e. The number of ether oxygens (including phenoxy) is 1. The summed E-state index contributed by atoms with van der Waals surface area (Å²) in [6.45, 7) is 8.67. The Hall–Kier alpha value is -1.73. The second kappa shape index (κ2) is 5.72. The molecule has 0 aromatic carbocycles. The van der Waals surface area contributed by atoms with E-state index in [-0.39, 0.29) is 6.10 Å². The van der Waals surface area contributed by atoms with Crippen LogP contribution in [0.2, 0.25) is 0 Å². The second-order valence-corrected chi connectivity index (χ2v) is 4.98. The number of hydrogen-bond acceptors (Lipinski definition) is 6. The van der Waals surface area contributed by atoms with Crippen LogP contribution in [0.5, 0.6) is 0 Å². The molecule has 1 aliphatic rings. The molecule has 0 saturated carbocycles. The van der Waals surface area contributed by atoms with Crippen molar-refractivity contribution in [2.24, 2.45) is 0 Å². The number of aryl methyl sites for hydroxylation is 1. The predicted molar refractivity (Wildman–Crippen MR) is 75.9 cm³/mol. The molecule has 0 amide bonds. The molecule has 20 heavy (non-hydrogen) atoms. The monoisotopic (exact) mass is 276 g/mol. The molecule has 108 valence electrons. The molecule has 0 aliphatic carbocycles. The van der Waals surface area contributed by atoms with Crippen LogP contribution in [-0.2, 0) is 4.74 Å². The van der Waals surface area contributed by atoms with Crippen LogP contribution in [-0.4, -0.2) is 63.4 Å². The van der Waals surface area contributed by atoms with Crippen LogP contribution in [0, 0.1) is 6.92 Å². The van der Waals surface area contributed by atoms with Crippen molar-refractivity contribution in [1.82, 2.24) is 24.5 Å². The Labute approximate surface area is 118 Å². The quantitative estimate of drug-likeness (QED) is 0.880. The third-order valence-corrected chi connectivity index (χ3v) is 3.66. The van der Waals surface area contributed by atoms with Crippen molar-refractivity contribution in [3.8, 4) is 0 Å². The van der Waals surface area contributed by atoms with Crippen LogP contribution in [0.1, 0.15) is 12.7 Å². The maximum absolute atomic E-state index is 5.77. The smallest absolute Gasteiger partial charge is 0.203 e. The summed E-state index contributed by atoms with van der Waals surface area (Å²) in [5, 5.41) is 11.5. The van der Waals surface area contributed by atoms with Gasteiger partial charge in [0, 0.05) is 32.0 Å². The molecule has 1 atom stereocenters. The van der Waals surface area contributed by atoms with E-state index in [0.29, 0.717) is 0 Å². The second-order valence-electron chi connectivity index (χ2n) is 4.98. The summed E-state index contributed by atoms with van der Waals surface area (Å²) in [7, 11) is 0. The van der Waals surface area contributed by atoms with Crippen molar-refractivity contribution < 1.29 is 4.74 Å². The van der Waals surface area contributed by atoms with Crippen molar-refractivity contribution in [2.75, 3.05) is 38.1 Å². The van der Waals surface area contributed by atoms with Gasteiger partial charge in [0.05, 0.1) is 12.7 Å². The van der Waals surface area contributed by atoms with Gasteiger partial charge in [-0.3, -0.25) is 9.30 Å². The van der Waals surface area contributed by atoms with Crippen molar-refractivity contribution >= 4 is 11.5 Å². The molecule has 0 spiro atoms. The van der Waals surface area contributed by atoms with Gasteiger partial charge in [0.25, 0.3) is 0 Å². The first-order valence-electron chi connectivity index (χ1n) is 7.02. The molecule has 2 aromatic heterocycles. The zero-order valence-corrected chi connectivity index (χ0v) is 11.9. The third kappa shape index (κ3) is 2.59. The maximum atomic E-state index is 5.77. The number of fused-ring (bicyclic) bond motifs is 1. The molecular weight excluding hydrogens is 256 g/mol. The highest BCUT2D eigenvalue weighted by Crippen LogP contribution is 2.13. The summed E-state index contributed by atoms with van der Waals surface area (Å²) >= 11 is 0. The molecule has 1 aliphatic heterocycles. The van der Waals surface area contributed by atoms with E-state index < -0.39 is 0 Å². The fourth-order valence-corrected chi connectivity index (χ4v) is 2.47. The lowest BCUT2D eigenvalue weighted by molar-refractivity contribution is -0.0192. The van der Waals surface area contributed by atoms with Gasteiger partial charge in [0.15, 0.2) is 5.82 Å². The van der Waals surface area contributed by atoms with E-state index in [4.69, 9.17) is 4.74 Å². The normalized spacial score (nSPS) is 20.4. The summed E-state index contributed by atoms with van der Waals surface area (Å²) in [4.78, 5) is 6.73. The number of rotatable bonds is 4. The summed E-state index contributed by atoms with van der Waals surface area (Å²) in [5.41, 5.74) is 0.758. The first-order valence-corrected chi connectivity index (χ1v) is 7.02. The summed E-state index contributed by atoms with van der Waals surface area (Å²) in [5.74, 6) is 1.61. The van der Waals surface area contributed by atoms with Crippen LogP contribution < -0.4 is 5.32 Å². The Kier molecular flexibility index (Phi) is 3.79. The zero-order valence-electron chi connectivity index (χ0n) is 11.9. The van der Waals surface area contributed by atoms with E-state index in [1.54, 1.807) is 6.20 Å². The van der Waals surface area contributed by atoms with E-state index in [1.807, 2.05) is 17.5 Å². The minimum atomic E-state index is 0.190. The molecule has 3 heterocycles. The van der Waals surface area contributed by atoms with Gasteiger partial charge < -0.3 is 10.1 Å². The topological polar surface area (TPSA) is 67.6 Å². The number of morpholine rings is 1. The average Bonchev–Trinajstić information content (AvgIpc) is 2.88. The summed E-state index contributed by atoms with van der Waals surface area (Å²) < 4.78 is 7.70. The lowest BCUT2D eigenvalue weighted by Crippen LogP contribution is -2.45. The molecule has 1 N–H and O–H groups in total. The highest BCUT2D eigenvalue weighted by Gasteiger charge is 2.19. The molecule has 7 nitrogen and oxygen atoms in total. The summed E-state index contributed by atoms with van der Waals surface area (Å²) in [6.07, 6.45) is 3.81. The minimum Gasteiger partial charge on any atom is -0.374 e. The van der Waals surface area contributed by atoms with Gasteiger partial charge in [-0.2, -0.15) is 0 Å². The highest BCUT2D eigenvalue weighted by atomic mass is 16.5. The molecule has 0 bridgehead atoms. The fraction of sp³-hybridized carbons (Fsp3) is 0.615. The number of likely N-dealkylation sites (N-methyl/N-ethyl adjacent to an activating group) is 1. The molecule has 7 heteroatoms. The fourth-order valence-electron chi connectivity index (χ4n) is 2.47. The first kappa shape index (κ1) is 13.3. The number of anilines is 1. The lowest BCUT2D eigenvalue weighted by Gasteiger charge is -2.32. The molecule has 1 saturated heterocycles. The van der Waals surface area contributed by atoms with Crippen LogP contribution in [0.15, 0.2) is 12.4 Å². The number of hydrogen-bond donors (Lipinski definition) is 1. The van der Waals surface area contributed by atoms with E-state index in [1.165, 1.54) is 0 Å². The van der Waals surface area contributed by atoms with Gasteiger partial charge in [0.2, 0.25) is 5.65 Å². The Balaban J connectivity index is 1.68. The molecule has 2 aromatic rings. The van der Waals surface area contributed by atoms with Gasteiger partial charge in [-0.05, 0) is 13.5 Å². The van der Waals surface area contributed by atoms with Crippen LogP contribution in [0.3, 0.4) is 0 Å². The van der Waals surface area contributed by atoms with Crippen molar-refractivity contribution in [2.45, 2.75) is 20.0 Å². The van der Waals surface area contributed by atoms with E-state index in [9.17, 15) is 0 Å². The SMILES string of the molecule is CCN1CCOC(CNc2nccn3c(C)nnc23)C1. The van der Waals surface area contributed by atoms with Crippen molar-refractivity contribution in [3.63, 3.8) is 0 Å². The van der Waals surface area contributed by atoms with Crippen molar-refractivity contribution in [1.29, 1.82) is 0 Å². The van der Waals surface area contributed by atoms with E-state index in [0.717, 1.165) is 50.1 Å². The zero-order chi connectivity index (χ0) is 13.9. The highest BCUT2D eigenvalue weighted by molar-refractivity contribution is 5.61. The van der Waals surface area contributed by atoms with Gasteiger partial charge in [-0.25, -0.2) is 4.98 Å². The first-order chi connectivity index (χ1) is 9.78. The van der Waals surface area contributed by atoms with Crippen LogP contribution >= 0.6 is 0 Å². The number of aromatic nitrogens is 4. The Morgan fingerprint density at radius 2 is 2.35 bits per heavy atom. The Morgan fingerprint density at radius 1 is 1.45 bits per heavy atom. The molecule has 1 unspecified atom stereocenters. The molecule has 0 radical (unpaired) electrons. The standard InChI is InChI=1S/C13H20N6O/c1-3-18-6-7-20-11(9-18)8-15-12-13-17-16-10(2)19(13)5-4-14-12/h4-5,11H,3,6-9H2,1-2H3,(H,14,15). The van der Waals surface area contributed by atoms with Crippen LogP contribution in [0.25, 0.3) is 5.65 Å². The Bertz CT molecular complexity index is 583. The van der Waals surface area contributed by atoms with Gasteiger partial charge in [-0.15, -0.1) is 10.2 Å². The number of nitrogens with one attached hydrogen (secondary N) is 1. The van der Waals surface area contributed by atoms with E-state index in [2.05, 4.69) is 32.3 Å². The lowest BCUT2D eigenvalue weighted by atomic mass is 10.2. The predicted octanol–water partition coefficient (Wildman–Crippen LogP) is 0.565. The molecule has 1 fully saturated rings. The molecular formula is C13H20N6O. The Morgan fingerprint density at radius 3 is 3.20 bits per heavy atom. The minimum absolute atomic E-state index is 0.190. The van der Waals surface area contributed by atoms with Crippen LogP contribution in [0.4, 0.5) is 5.82 Å². The van der Waals surface area contributed by atoms with Crippen molar-refractivity contribution in [3.05, 3.63) is 18.2 Å². The maximum Gasteiger partial charge on any atom is 0.203 e.